The highest BCUT2D eigenvalue weighted by Gasteiger charge is 2.22. The molecule has 150 valence electrons. The number of thioether (sulfide) groups is 1. The molecule has 2 aromatic rings. The summed E-state index contributed by atoms with van der Waals surface area (Å²) < 4.78 is 7.47. The van der Waals surface area contributed by atoms with Gasteiger partial charge in [0, 0.05) is 36.9 Å². The van der Waals surface area contributed by atoms with Crippen LogP contribution in [-0.2, 0) is 16.1 Å². The normalized spacial score (nSPS) is 18.0. The molecule has 0 radical (unpaired) electrons. The van der Waals surface area contributed by atoms with Crippen LogP contribution in [-0.4, -0.2) is 75.6 Å². The Morgan fingerprint density at radius 3 is 2.50 bits per heavy atom. The van der Waals surface area contributed by atoms with Crippen LogP contribution in [0.15, 0.2) is 29.4 Å². The average molecular weight is 422 g/mol. The summed E-state index contributed by atoms with van der Waals surface area (Å²) in [7, 11) is 0. The molecule has 7 nitrogen and oxygen atoms in total. The van der Waals surface area contributed by atoms with Crippen LogP contribution in [0.2, 0.25) is 5.02 Å². The monoisotopic (exact) mass is 421 g/mol. The lowest BCUT2D eigenvalue weighted by Gasteiger charge is -2.26. The summed E-state index contributed by atoms with van der Waals surface area (Å²) in [6.07, 6.45) is 2.20. The van der Waals surface area contributed by atoms with Gasteiger partial charge < -0.3 is 9.64 Å². The van der Waals surface area contributed by atoms with Crippen molar-refractivity contribution in [3.63, 3.8) is 0 Å². The third-order valence-electron chi connectivity index (χ3n) is 5.04. The van der Waals surface area contributed by atoms with Gasteiger partial charge in [-0.05, 0) is 37.1 Å². The first-order chi connectivity index (χ1) is 13.7. The Kier molecular flexibility index (Phi) is 6.51. The number of likely N-dealkylation sites (tertiary alicyclic amines) is 1. The van der Waals surface area contributed by atoms with Gasteiger partial charge in [0.25, 0.3) is 0 Å². The fourth-order valence-corrected chi connectivity index (χ4v) is 4.49. The van der Waals surface area contributed by atoms with Crippen molar-refractivity contribution >= 4 is 29.3 Å². The van der Waals surface area contributed by atoms with Crippen molar-refractivity contribution in [2.75, 3.05) is 45.1 Å². The summed E-state index contributed by atoms with van der Waals surface area (Å²) in [4.78, 5) is 16.7. The lowest BCUT2D eigenvalue weighted by atomic mass is 10.3. The van der Waals surface area contributed by atoms with Gasteiger partial charge in [-0.15, -0.1) is 10.2 Å². The Balaban J connectivity index is 1.54. The van der Waals surface area contributed by atoms with Gasteiger partial charge in [-0.1, -0.05) is 23.4 Å². The minimum Gasteiger partial charge on any atom is -0.379 e. The van der Waals surface area contributed by atoms with Gasteiger partial charge in [-0.2, -0.15) is 0 Å². The van der Waals surface area contributed by atoms with Gasteiger partial charge >= 0.3 is 0 Å². The summed E-state index contributed by atoms with van der Waals surface area (Å²) in [6.45, 7) is 5.66. The highest BCUT2D eigenvalue weighted by atomic mass is 35.5. The molecule has 9 heteroatoms. The quantitative estimate of drug-likeness (QED) is 0.667. The van der Waals surface area contributed by atoms with Crippen LogP contribution in [0.5, 0.6) is 0 Å². The lowest BCUT2D eigenvalue weighted by molar-refractivity contribution is -0.127. The molecule has 4 rings (SSSR count). The van der Waals surface area contributed by atoms with E-state index in [1.165, 1.54) is 11.8 Å². The van der Waals surface area contributed by atoms with E-state index in [0.29, 0.717) is 17.3 Å². The maximum atomic E-state index is 12.4. The van der Waals surface area contributed by atoms with E-state index >= 15 is 0 Å². The van der Waals surface area contributed by atoms with Gasteiger partial charge in [0.2, 0.25) is 5.91 Å². The Morgan fingerprint density at radius 1 is 1.07 bits per heavy atom. The molecule has 3 heterocycles. The number of morpholine rings is 1. The van der Waals surface area contributed by atoms with Gasteiger partial charge in [-0.25, -0.2) is 0 Å². The second-order valence-electron chi connectivity index (χ2n) is 6.98. The van der Waals surface area contributed by atoms with Crippen molar-refractivity contribution in [1.82, 2.24) is 24.6 Å². The molecular weight excluding hydrogens is 398 g/mol. The van der Waals surface area contributed by atoms with E-state index in [9.17, 15) is 4.79 Å². The van der Waals surface area contributed by atoms with Crippen LogP contribution in [0, 0.1) is 0 Å². The predicted octanol–water partition coefficient (Wildman–Crippen LogP) is 2.47. The summed E-state index contributed by atoms with van der Waals surface area (Å²) in [5.41, 5.74) is 0.953. The van der Waals surface area contributed by atoms with Gasteiger partial charge in [0.05, 0.1) is 25.5 Å². The maximum Gasteiger partial charge on any atom is 0.233 e. The second-order valence-corrected chi connectivity index (χ2v) is 8.35. The zero-order chi connectivity index (χ0) is 19.3. The molecule has 0 aliphatic carbocycles. The lowest BCUT2D eigenvalue weighted by Crippen LogP contribution is -2.36. The third kappa shape index (κ3) is 4.68. The van der Waals surface area contributed by atoms with Crippen molar-refractivity contribution < 1.29 is 9.53 Å². The molecule has 1 aromatic heterocycles. The number of ether oxygens (including phenoxy) is 1. The summed E-state index contributed by atoms with van der Waals surface area (Å²) >= 11 is 7.51. The van der Waals surface area contributed by atoms with E-state index in [-0.39, 0.29) is 5.91 Å². The summed E-state index contributed by atoms with van der Waals surface area (Å²) in [5, 5.41) is 10.2. The van der Waals surface area contributed by atoms with E-state index in [0.717, 1.165) is 68.9 Å². The fourth-order valence-electron chi connectivity index (χ4n) is 3.49. The minimum absolute atomic E-state index is 0.169. The van der Waals surface area contributed by atoms with Crippen molar-refractivity contribution in [1.29, 1.82) is 0 Å². The number of benzene rings is 1. The Hall–Kier alpha value is -1.61. The molecule has 0 spiro atoms. The van der Waals surface area contributed by atoms with Crippen LogP contribution in [0.3, 0.4) is 0 Å². The minimum atomic E-state index is 0.169. The molecule has 1 amide bonds. The molecule has 2 fully saturated rings. The van der Waals surface area contributed by atoms with E-state index in [2.05, 4.69) is 15.1 Å². The summed E-state index contributed by atoms with van der Waals surface area (Å²) in [6, 6.07) is 7.64. The van der Waals surface area contributed by atoms with Crippen molar-refractivity contribution in [3.8, 4) is 5.69 Å². The smallest absolute Gasteiger partial charge is 0.233 e. The molecule has 28 heavy (non-hydrogen) atoms. The van der Waals surface area contributed by atoms with Crippen molar-refractivity contribution in [2.24, 2.45) is 0 Å². The topological polar surface area (TPSA) is 63.5 Å². The first kappa shape index (κ1) is 19.7. The number of aromatic nitrogens is 3. The number of halogens is 1. The number of hydrogen-bond donors (Lipinski definition) is 0. The number of hydrogen-bond acceptors (Lipinski definition) is 6. The van der Waals surface area contributed by atoms with Crippen LogP contribution < -0.4 is 0 Å². The number of carbonyl (C=O) groups excluding carboxylic acids is 1. The molecule has 2 aliphatic heterocycles. The molecule has 0 unspecified atom stereocenters. The van der Waals surface area contributed by atoms with Crippen LogP contribution in [0.25, 0.3) is 5.69 Å². The number of amides is 1. The zero-order valence-electron chi connectivity index (χ0n) is 15.7. The molecular formula is C19H24ClN5O2S. The molecule has 2 aliphatic rings. The zero-order valence-corrected chi connectivity index (χ0v) is 17.3. The molecule has 2 saturated heterocycles. The third-order valence-corrected chi connectivity index (χ3v) is 6.20. The van der Waals surface area contributed by atoms with Crippen molar-refractivity contribution in [2.45, 2.75) is 24.5 Å². The first-order valence-corrected chi connectivity index (χ1v) is 11.0. The van der Waals surface area contributed by atoms with Crippen molar-refractivity contribution in [3.05, 3.63) is 35.1 Å². The predicted molar refractivity (Wildman–Crippen MR) is 109 cm³/mol. The standard InChI is InChI=1S/C19H24ClN5O2S/c20-15-3-5-16(6-4-15)25-17(13-23-9-11-27-12-10-23)21-22-19(25)28-14-18(26)24-7-1-2-8-24/h3-6H,1-2,7-14H2. The maximum absolute atomic E-state index is 12.4. The SMILES string of the molecule is O=C(CSc1nnc(CN2CCOCC2)n1-c1ccc(Cl)cc1)N1CCCC1. The first-order valence-electron chi connectivity index (χ1n) is 9.61. The second kappa shape index (κ2) is 9.26. The highest BCUT2D eigenvalue weighted by Crippen LogP contribution is 2.25. The Morgan fingerprint density at radius 2 is 1.79 bits per heavy atom. The van der Waals surface area contributed by atoms with E-state index in [1.807, 2.05) is 33.7 Å². The highest BCUT2D eigenvalue weighted by molar-refractivity contribution is 7.99. The van der Waals surface area contributed by atoms with E-state index in [4.69, 9.17) is 16.3 Å². The average Bonchev–Trinajstić information content (AvgIpc) is 3.38. The van der Waals surface area contributed by atoms with E-state index in [1.54, 1.807) is 0 Å². The fraction of sp³-hybridized carbons (Fsp3) is 0.526. The number of nitrogens with zero attached hydrogens (tertiary/aromatic N) is 5. The summed E-state index contributed by atoms with van der Waals surface area (Å²) in [5.74, 6) is 1.41. The van der Waals surface area contributed by atoms with E-state index < -0.39 is 0 Å². The molecule has 0 bridgehead atoms. The molecule has 0 atom stereocenters. The Labute approximate surface area is 174 Å². The molecule has 1 aromatic carbocycles. The number of carbonyl (C=O) groups is 1. The van der Waals surface area contributed by atoms with Gasteiger partial charge in [-0.3, -0.25) is 14.3 Å². The Bertz CT molecular complexity index is 801. The van der Waals surface area contributed by atoms with Crippen LogP contribution >= 0.6 is 23.4 Å². The van der Waals surface area contributed by atoms with Crippen LogP contribution in [0.4, 0.5) is 0 Å². The molecule has 0 N–H and O–H groups in total. The number of rotatable bonds is 6. The van der Waals surface area contributed by atoms with Gasteiger partial charge in [0.15, 0.2) is 11.0 Å². The van der Waals surface area contributed by atoms with Crippen LogP contribution in [0.1, 0.15) is 18.7 Å². The van der Waals surface area contributed by atoms with Gasteiger partial charge in [0.1, 0.15) is 0 Å². The largest absolute Gasteiger partial charge is 0.379 e. The molecule has 0 saturated carbocycles.